The van der Waals surface area contributed by atoms with Gasteiger partial charge in [0.25, 0.3) is 0 Å². The number of nitrogens with zero attached hydrogens (tertiary/aromatic N) is 2. The van der Waals surface area contributed by atoms with Crippen molar-refractivity contribution >= 4 is 33.2 Å². The van der Waals surface area contributed by atoms with E-state index in [2.05, 4.69) is 0 Å². The quantitative estimate of drug-likeness (QED) is 0.620. The lowest BCUT2D eigenvalue weighted by molar-refractivity contribution is -0.123. The second kappa shape index (κ2) is 9.89. The highest BCUT2D eigenvalue weighted by Gasteiger charge is 2.35. The molecule has 0 N–H and O–H groups in total. The Labute approximate surface area is 188 Å². The minimum atomic E-state index is -3.78. The SMILES string of the molecule is CCOc1ccc(S(=O)(=O)N2CCC[C@H](C(=O)N(C)c3cccc(OC)c3)C2)cc1Cl. The van der Waals surface area contributed by atoms with Gasteiger partial charge < -0.3 is 14.4 Å². The van der Waals surface area contributed by atoms with Gasteiger partial charge in [-0.3, -0.25) is 4.79 Å². The van der Waals surface area contributed by atoms with Crippen molar-refractivity contribution in [1.82, 2.24) is 4.31 Å². The van der Waals surface area contributed by atoms with E-state index in [-0.39, 0.29) is 22.4 Å². The van der Waals surface area contributed by atoms with E-state index in [0.717, 1.165) is 0 Å². The maximum atomic E-state index is 13.2. The van der Waals surface area contributed by atoms with Crippen LogP contribution in [0.5, 0.6) is 11.5 Å². The van der Waals surface area contributed by atoms with Crippen LogP contribution >= 0.6 is 11.6 Å². The molecule has 3 rings (SSSR count). The fourth-order valence-corrected chi connectivity index (χ4v) is 5.50. The first kappa shape index (κ1) is 23.4. The van der Waals surface area contributed by atoms with Crippen LogP contribution in [0.3, 0.4) is 0 Å². The molecule has 168 valence electrons. The van der Waals surface area contributed by atoms with Gasteiger partial charge in [-0.2, -0.15) is 4.31 Å². The average Bonchev–Trinajstić information content (AvgIpc) is 2.79. The Morgan fingerprint density at radius 1 is 1.26 bits per heavy atom. The molecule has 1 aliphatic rings. The first-order chi connectivity index (χ1) is 14.8. The van der Waals surface area contributed by atoms with Gasteiger partial charge in [0.2, 0.25) is 15.9 Å². The number of amides is 1. The Balaban J connectivity index is 1.77. The zero-order chi connectivity index (χ0) is 22.6. The first-order valence-electron chi connectivity index (χ1n) is 10.1. The third-order valence-corrected chi connectivity index (χ3v) is 7.50. The van der Waals surface area contributed by atoms with E-state index >= 15 is 0 Å². The van der Waals surface area contributed by atoms with Crippen molar-refractivity contribution in [2.45, 2.75) is 24.7 Å². The fraction of sp³-hybridized carbons (Fsp3) is 0.409. The molecule has 1 amide bonds. The van der Waals surface area contributed by atoms with Gasteiger partial charge in [0, 0.05) is 31.9 Å². The van der Waals surface area contributed by atoms with E-state index in [1.807, 2.05) is 19.1 Å². The molecule has 1 fully saturated rings. The number of ether oxygens (including phenoxy) is 2. The zero-order valence-electron chi connectivity index (χ0n) is 17.9. The Morgan fingerprint density at radius 3 is 2.71 bits per heavy atom. The maximum Gasteiger partial charge on any atom is 0.243 e. The first-order valence-corrected chi connectivity index (χ1v) is 11.9. The standard InChI is InChI=1S/C22H27ClN2O5S/c1-4-30-21-11-10-19(14-20(21)23)31(27,28)25-12-6-7-16(15-25)22(26)24(2)17-8-5-9-18(13-17)29-3/h5,8-11,13-14,16H,4,6-7,12,15H2,1-3H3/t16-/m0/s1. The molecule has 7 nitrogen and oxygen atoms in total. The normalized spacial score (nSPS) is 17.2. The highest BCUT2D eigenvalue weighted by molar-refractivity contribution is 7.89. The molecule has 9 heteroatoms. The van der Waals surface area contributed by atoms with Crippen molar-refractivity contribution in [3.63, 3.8) is 0 Å². The zero-order valence-corrected chi connectivity index (χ0v) is 19.4. The summed E-state index contributed by atoms with van der Waals surface area (Å²) in [6.45, 7) is 2.75. The molecule has 1 atom stereocenters. The van der Waals surface area contributed by atoms with Crippen molar-refractivity contribution in [1.29, 1.82) is 0 Å². The smallest absolute Gasteiger partial charge is 0.243 e. The summed E-state index contributed by atoms with van der Waals surface area (Å²) in [5.74, 6) is 0.530. The van der Waals surface area contributed by atoms with Crippen LogP contribution in [0.1, 0.15) is 19.8 Å². The van der Waals surface area contributed by atoms with Gasteiger partial charge in [-0.15, -0.1) is 0 Å². The lowest BCUT2D eigenvalue weighted by Crippen LogP contribution is -2.45. The van der Waals surface area contributed by atoms with Crippen molar-refractivity contribution in [2.75, 3.05) is 38.8 Å². The van der Waals surface area contributed by atoms with E-state index in [1.165, 1.54) is 16.4 Å². The second-order valence-electron chi connectivity index (χ2n) is 7.33. The number of hydrogen-bond donors (Lipinski definition) is 0. The topological polar surface area (TPSA) is 76.2 Å². The van der Waals surface area contributed by atoms with Crippen LogP contribution in [0.25, 0.3) is 0 Å². The number of carbonyl (C=O) groups excluding carboxylic acids is 1. The van der Waals surface area contributed by atoms with Gasteiger partial charge in [-0.25, -0.2) is 8.42 Å². The molecule has 31 heavy (non-hydrogen) atoms. The van der Waals surface area contributed by atoms with Crippen LogP contribution < -0.4 is 14.4 Å². The molecular weight excluding hydrogens is 440 g/mol. The van der Waals surface area contributed by atoms with Crippen LogP contribution in [-0.2, 0) is 14.8 Å². The maximum absolute atomic E-state index is 13.2. The van der Waals surface area contributed by atoms with Gasteiger partial charge >= 0.3 is 0 Å². The van der Waals surface area contributed by atoms with E-state index < -0.39 is 15.9 Å². The number of halogens is 1. The highest BCUT2D eigenvalue weighted by atomic mass is 35.5. The minimum absolute atomic E-state index is 0.0928. The molecule has 1 aliphatic heterocycles. The molecule has 0 radical (unpaired) electrons. The molecule has 1 saturated heterocycles. The molecule has 0 aliphatic carbocycles. The summed E-state index contributed by atoms with van der Waals surface area (Å²) in [5, 5.41) is 0.241. The highest BCUT2D eigenvalue weighted by Crippen LogP contribution is 2.31. The van der Waals surface area contributed by atoms with Gasteiger partial charge in [0.1, 0.15) is 11.5 Å². The van der Waals surface area contributed by atoms with Gasteiger partial charge in [-0.1, -0.05) is 17.7 Å². The Morgan fingerprint density at radius 2 is 2.03 bits per heavy atom. The largest absolute Gasteiger partial charge is 0.497 e. The van der Waals surface area contributed by atoms with E-state index in [4.69, 9.17) is 21.1 Å². The van der Waals surface area contributed by atoms with Crippen LogP contribution in [0.4, 0.5) is 5.69 Å². The molecule has 0 bridgehead atoms. The number of carbonyl (C=O) groups is 1. The van der Waals surface area contributed by atoms with Crippen LogP contribution in [0.15, 0.2) is 47.4 Å². The number of methoxy groups -OCH3 is 1. The molecule has 0 spiro atoms. The van der Waals surface area contributed by atoms with Gasteiger partial charge in [0.05, 0.1) is 29.6 Å². The fourth-order valence-electron chi connectivity index (χ4n) is 3.65. The van der Waals surface area contributed by atoms with Gasteiger partial charge in [-0.05, 0) is 50.1 Å². The van der Waals surface area contributed by atoms with Gasteiger partial charge in [0.15, 0.2) is 0 Å². The number of piperidine rings is 1. The number of sulfonamides is 1. The van der Waals surface area contributed by atoms with Crippen LogP contribution in [-0.4, -0.2) is 52.5 Å². The summed E-state index contributed by atoms with van der Waals surface area (Å²) in [5.41, 5.74) is 0.697. The number of anilines is 1. The van der Waals surface area contributed by atoms with Crippen molar-refractivity contribution < 1.29 is 22.7 Å². The molecule has 2 aromatic carbocycles. The number of rotatable bonds is 7. The summed E-state index contributed by atoms with van der Waals surface area (Å²) in [7, 11) is -0.522. The van der Waals surface area contributed by atoms with Crippen molar-refractivity contribution in [3.05, 3.63) is 47.5 Å². The number of hydrogen-bond acceptors (Lipinski definition) is 5. The number of benzene rings is 2. The third-order valence-electron chi connectivity index (χ3n) is 5.35. The second-order valence-corrected chi connectivity index (χ2v) is 9.67. The lowest BCUT2D eigenvalue weighted by atomic mass is 9.98. The van der Waals surface area contributed by atoms with E-state index in [0.29, 0.717) is 43.2 Å². The third kappa shape index (κ3) is 5.14. The Hall–Kier alpha value is -2.29. The molecule has 1 heterocycles. The van der Waals surface area contributed by atoms with Crippen molar-refractivity contribution in [3.8, 4) is 11.5 Å². The van der Waals surface area contributed by atoms with E-state index in [1.54, 1.807) is 37.3 Å². The monoisotopic (exact) mass is 466 g/mol. The Bertz CT molecular complexity index is 1040. The summed E-state index contributed by atoms with van der Waals surface area (Å²) < 4.78 is 38.3. The van der Waals surface area contributed by atoms with Crippen LogP contribution in [0.2, 0.25) is 5.02 Å². The van der Waals surface area contributed by atoms with Crippen molar-refractivity contribution in [2.24, 2.45) is 5.92 Å². The Kier molecular flexibility index (Phi) is 7.46. The molecule has 0 aromatic heterocycles. The average molecular weight is 467 g/mol. The molecule has 2 aromatic rings. The molecular formula is C22H27ClN2O5S. The van der Waals surface area contributed by atoms with E-state index in [9.17, 15) is 13.2 Å². The lowest BCUT2D eigenvalue weighted by Gasteiger charge is -2.33. The predicted molar refractivity (Wildman–Crippen MR) is 121 cm³/mol. The summed E-state index contributed by atoms with van der Waals surface area (Å²) in [6, 6.07) is 11.7. The summed E-state index contributed by atoms with van der Waals surface area (Å²) >= 11 is 6.19. The van der Waals surface area contributed by atoms with Crippen LogP contribution in [0, 0.1) is 5.92 Å². The molecule has 0 saturated carbocycles. The molecule has 0 unspecified atom stereocenters. The summed E-state index contributed by atoms with van der Waals surface area (Å²) in [6.07, 6.45) is 1.23. The predicted octanol–water partition coefficient (Wildman–Crippen LogP) is 3.81. The minimum Gasteiger partial charge on any atom is -0.497 e. The summed E-state index contributed by atoms with van der Waals surface area (Å²) in [4.78, 5) is 14.7.